The Labute approximate surface area is 144 Å². The molecule has 1 aliphatic heterocycles. The van der Waals surface area contributed by atoms with Gasteiger partial charge in [-0.1, -0.05) is 51.1 Å². The van der Waals surface area contributed by atoms with E-state index in [9.17, 15) is 4.79 Å². The molecule has 1 aromatic carbocycles. The van der Waals surface area contributed by atoms with E-state index in [0.717, 1.165) is 24.4 Å². The van der Waals surface area contributed by atoms with Gasteiger partial charge < -0.3 is 4.90 Å². The van der Waals surface area contributed by atoms with Crippen molar-refractivity contribution in [2.24, 2.45) is 7.05 Å². The lowest BCUT2D eigenvalue weighted by Crippen LogP contribution is -2.34. The summed E-state index contributed by atoms with van der Waals surface area (Å²) in [7, 11) is 1.86. The minimum Gasteiger partial charge on any atom is -0.339 e. The van der Waals surface area contributed by atoms with Gasteiger partial charge in [0.1, 0.15) is 6.33 Å². The molecule has 1 aliphatic rings. The van der Waals surface area contributed by atoms with Crippen molar-refractivity contribution >= 4 is 11.5 Å². The molecule has 0 spiro atoms. The summed E-state index contributed by atoms with van der Waals surface area (Å²) in [6.07, 6.45) is 5.35. The first kappa shape index (κ1) is 17.9. The van der Waals surface area contributed by atoms with Crippen LogP contribution in [0.25, 0.3) is 17.0 Å². The van der Waals surface area contributed by atoms with Gasteiger partial charge >= 0.3 is 0 Å². The number of aryl methyl sites for hydroxylation is 1. The van der Waals surface area contributed by atoms with Crippen molar-refractivity contribution in [1.29, 1.82) is 0 Å². The maximum Gasteiger partial charge on any atom is 0.222 e. The van der Waals surface area contributed by atoms with Gasteiger partial charge in [-0.2, -0.15) is 5.10 Å². The Bertz CT molecular complexity index is 700. The van der Waals surface area contributed by atoms with Crippen molar-refractivity contribution in [3.8, 4) is 11.4 Å². The molecule has 0 fully saturated rings. The van der Waals surface area contributed by atoms with Gasteiger partial charge in [0.2, 0.25) is 5.91 Å². The highest BCUT2D eigenvalue weighted by atomic mass is 16.2. The Morgan fingerprint density at radius 3 is 2.33 bits per heavy atom. The van der Waals surface area contributed by atoms with E-state index in [-0.39, 0.29) is 5.91 Å². The molecule has 2 aromatic rings. The summed E-state index contributed by atoms with van der Waals surface area (Å²) in [5, 5.41) is 4.31. The molecule has 0 N–H and O–H groups in total. The molecule has 0 saturated carbocycles. The van der Waals surface area contributed by atoms with E-state index in [2.05, 4.69) is 40.4 Å². The zero-order valence-electron chi connectivity index (χ0n) is 15.0. The number of rotatable bonds is 3. The van der Waals surface area contributed by atoms with Crippen LogP contribution in [0.4, 0.5) is 0 Å². The molecule has 1 aromatic heterocycles. The van der Waals surface area contributed by atoms with E-state index in [1.165, 1.54) is 11.1 Å². The maximum absolute atomic E-state index is 11.7. The highest BCUT2D eigenvalue weighted by molar-refractivity contribution is 5.78. The quantitative estimate of drug-likeness (QED) is 0.867. The molecular formula is C19H26N4O. The van der Waals surface area contributed by atoms with Crippen LogP contribution >= 0.6 is 0 Å². The van der Waals surface area contributed by atoms with Gasteiger partial charge in [-0.15, -0.1) is 0 Å². The van der Waals surface area contributed by atoms with E-state index in [1.54, 1.807) is 11.0 Å². The molecule has 3 rings (SSSR count). The van der Waals surface area contributed by atoms with Crippen LogP contribution in [0, 0.1) is 0 Å². The fourth-order valence-electron chi connectivity index (χ4n) is 2.69. The number of hydrogen-bond acceptors (Lipinski definition) is 3. The third-order valence-electron chi connectivity index (χ3n) is 3.98. The number of hydrogen-bond donors (Lipinski definition) is 0. The molecule has 2 heterocycles. The van der Waals surface area contributed by atoms with Crippen molar-refractivity contribution in [3.05, 3.63) is 42.2 Å². The first-order valence-electron chi connectivity index (χ1n) is 8.60. The second-order valence-corrected chi connectivity index (χ2v) is 5.49. The van der Waals surface area contributed by atoms with Crippen LogP contribution in [0.3, 0.4) is 0 Å². The van der Waals surface area contributed by atoms with Crippen molar-refractivity contribution in [2.75, 3.05) is 13.1 Å². The third-order valence-corrected chi connectivity index (χ3v) is 3.98. The molecule has 0 bridgehead atoms. The molecule has 5 nitrogen and oxygen atoms in total. The van der Waals surface area contributed by atoms with Gasteiger partial charge in [0.15, 0.2) is 5.82 Å². The average molecular weight is 326 g/mol. The van der Waals surface area contributed by atoms with Crippen molar-refractivity contribution in [2.45, 2.75) is 33.6 Å². The van der Waals surface area contributed by atoms with Gasteiger partial charge in [0.25, 0.3) is 0 Å². The molecule has 0 aliphatic carbocycles. The summed E-state index contributed by atoms with van der Waals surface area (Å²) in [4.78, 5) is 17.9. The molecule has 128 valence electrons. The van der Waals surface area contributed by atoms with Gasteiger partial charge in [-0.3, -0.25) is 9.48 Å². The van der Waals surface area contributed by atoms with Crippen LogP contribution in [0.1, 0.15) is 39.2 Å². The van der Waals surface area contributed by atoms with E-state index in [0.29, 0.717) is 13.0 Å². The molecule has 0 radical (unpaired) electrons. The zero-order chi connectivity index (χ0) is 17.5. The third kappa shape index (κ3) is 4.10. The summed E-state index contributed by atoms with van der Waals surface area (Å²) in [6, 6.07) is 8.31. The second-order valence-electron chi connectivity index (χ2n) is 5.49. The number of benzene rings is 1. The minimum atomic E-state index is 0.229. The lowest BCUT2D eigenvalue weighted by Gasteiger charge is -2.26. The smallest absolute Gasteiger partial charge is 0.222 e. The number of nitrogens with zero attached hydrogens (tertiary/aromatic N) is 4. The summed E-state index contributed by atoms with van der Waals surface area (Å²) >= 11 is 0. The summed E-state index contributed by atoms with van der Waals surface area (Å²) in [6.45, 7) is 7.43. The van der Waals surface area contributed by atoms with Gasteiger partial charge in [0.05, 0.1) is 0 Å². The Morgan fingerprint density at radius 2 is 1.83 bits per heavy atom. The summed E-state index contributed by atoms with van der Waals surface area (Å²) < 4.78 is 1.70. The van der Waals surface area contributed by atoms with Crippen LogP contribution in [-0.2, 0) is 11.8 Å². The molecule has 0 unspecified atom stereocenters. The average Bonchev–Trinajstić information content (AvgIpc) is 3.09. The number of amides is 1. The van der Waals surface area contributed by atoms with Crippen LogP contribution in [0.5, 0.6) is 0 Å². The van der Waals surface area contributed by atoms with Crippen LogP contribution in [0.2, 0.25) is 0 Å². The standard InChI is InChI=1S/C17H20N4O.C2H6/c1-3-16(22)21-10-8-14(9-11-21)13-4-6-15(7-5-13)17-18-12-20(2)19-17;1-2/h4-8,12H,3,9-11H2,1-2H3;1-2H3. The second kappa shape index (κ2) is 8.43. The van der Waals surface area contributed by atoms with Crippen LogP contribution in [0.15, 0.2) is 36.7 Å². The largest absolute Gasteiger partial charge is 0.339 e. The van der Waals surface area contributed by atoms with E-state index < -0.39 is 0 Å². The molecule has 5 heteroatoms. The van der Waals surface area contributed by atoms with Gasteiger partial charge in [0, 0.05) is 32.1 Å². The fourth-order valence-corrected chi connectivity index (χ4v) is 2.69. The molecule has 0 atom stereocenters. The Hall–Kier alpha value is -2.43. The first-order valence-corrected chi connectivity index (χ1v) is 8.60. The highest BCUT2D eigenvalue weighted by Gasteiger charge is 2.16. The maximum atomic E-state index is 11.7. The van der Waals surface area contributed by atoms with Crippen molar-refractivity contribution in [1.82, 2.24) is 19.7 Å². The minimum absolute atomic E-state index is 0.229. The Morgan fingerprint density at radius 1 is 1.17 bits per heavy atom. The SMILES string of the molecule is CC.CCC(=O)N1CC=C(c2ccc(-c3ncn(C)n3)cc2)CC1. The number of carbonyl (C=O) groups excluding carboxylic acids is 1. The lowest BCUT2D eigenvalue weighted by atomic mass is 9.98. The predicted octanol–water partition coefficient (Wildman–Crippen LogP) is 3.53. The topological polar surface area (TPSA) is 51.0 Å². The molecule has 1 amide bonds. The molecular weight excluding hydrogens is 300 g/mol. The molecule has 24 heavy (non-hydrogen) atoms. The fraction of sp³-hybridized carbons (Fsp3) is 0.421. The van der Waals surface area contributed by atoms with Crippen molar-refractivity contribution < 1.29 is 4.79 Å². The lowest BCUT2D eigenvalue weighted by molar-refractivity contribution is -0.130. The zero-order valence-corrected chi connectivity index (χ0v) is 15.0. The number of aromatic nitrogens is 3. The normalized spacial score (nSPS) is 13.8. The summed E-state index contributed by atoms with van der Waals surface area (Å²) in [5.41, 5.74) is 3.53. The highest BCUT2D eigenvalue weighted by Crippen LogP contribution is 2.24. The molecule has 0 saturated heterocycles. The Balaban J connectivity index is 0.00000100. The summed E-state index contributed by atoms with van der Waals surface area (Å²) in [5.74, 6) is 0.971. The monoisotopic (exact) mass is 326 g/mol. The van der Waals surface area contributed by atoms with E-state index in [4.69, 9.17) is 0 Å². The van der Waals surface area contributed by atoms with Gasteiger partial charge in [-0.05, 0) is 17.6 Å². The van der Waals surface area contributed by atoms with E-state index >= 15 is 0 Å². The number of carbonyl (C=O) groups is 1. The van der Waals surface area contributed by atoms with Crippen LogP contribution < -0.4 is 0 Å². The first-order chi connectivity index (χ1) is 11.7. The predicted molar refractivity (Wildman–Crippen MR) is 97.3 cm³/mol. The van der Waals surface area contributed by atoms with Crippen LogP contribution in [-0.4, -0.2) is 38.7 Å². The van der Waals surface area contributed by atoms with E-state index in [1.807, 2.05) is 32.7 Å². The van der Waals surface area contributed by atoms with Gasteiger partial charge in [-0.25, -0.2) is 4.98 Å². The van der Waals surface area contributed by atoms with Crippen molar-refractivity contribution in [3.63, 3.8) is 0 Å². The Kier molecular flexibility index (Phi) is 6.29.